The van der Waals surface area contributed by atoms with Gasteiger partial charge in [-0.1, -0.05) is 0 Å². The third-order valence-electron chi connectivity index (χ3n) is 1.96. The number of nitrogens with zero attached hydrogens (tertiary/aromatic N) is 2. The van der Waals surface area contributed by atoms with Crippen LogP contribution in [-0.4, -0.2) is 26.6 Å². The first kappa shape index (κ1) is 11.0. The molecule has 3 nitrogen and oxygen atoms in total. The maximum Gasteiger partial charge on any atom is 0.494 e. The summed E-state index contributed by atoms with van der Waals surface area (Å²) < 4.78 is 31.5. The molecule has 2 aromatic rings. The van der Waals surface area contributed by atoms with Gasteiger partial charge in [-0.2, -0.15) is 0 Å². The van der Waals surface area contributed by atoms with Crippen LogP contribution in [-0.2, 0) is 0 Å². The van der Waals surface area contributed by atoms with Gasteiger partial charge in [-0.05, 0) is 6.07 Å². The molecule has 0 aliphatic heterocycles. The zero-order chi connectivity index (χ0) is 11.5. The molecule has 79 valence electrons. The first-order chi connectivity index (χ1) is 7.72. The van der Waals surface area contributed by atoms with Gasteiger partial charge >= 0.3 is 16.6 Å². The van der Waals surface area contributed by atoms with Crippen molar-refractivity contribution in [1.29, 1.82) is 0 Å². The summed E-state index contributed by atoms with van der Waals surface area (Å²) in [4.78, 5) is 7.80. The van der Waals surface area contributed by atoms with Crippen LogP contribution >= 0.6 is 0 Å². The first-order valence-electron chi connectivity index (χ1n) is 4.41. The zero-order valence-electron chi connectivity index (χ0n) is 8.15. The highest BCUT2D eigenvalue weighted by Crippen LogP contribution is 2.30. The molecule has 0 amide bonds. The van der Waals surface area contributed by atoms with Crippen LogP contribution in [0.15, 0.2) is 30.6 Å². The van der Waals surface area contributed by atoms with Gasteiger partial charge in [0.25, 0.3) is 0 Å². The second kappa shape index (κ2) is 4.56. The van der Waals surface area contributed by atoms with E-state index in [0.717, 1.165) is 28.8 Å². The predicted molar refractivity (Wildman–Crippen MR) is 55.2 cm³/mol. The van der Waals surface area contributed by atoms with Crippen molar-refractivity contribution < 1.29 is 12.6 Å². The molecule has 0 bridgehead atoms. The molecule has 0 spiro atoms. The zero-order valence-corrected chi connectivity index (χ0v) is 9.57. The molecule has 1 radical (unpaired) electrons. The highest BCUT2D eigenvalue weighted by atomic mass is 27.1. The lowest BCUT2D eigenvalue weighted by Crippen LogP contribution is -1.97. The summed E-state index contributed by atoms with van der Waals surface area (Å²) in [6.07, 6.45) is 2.96. The van der Waals surface area contributed by atoms with E-state index in [-0.39, 0.29) is 17.1 Å². The Morgan fingerprint density at radius 3 is 2.44 bits per heavy atom. The number of hydrogen-bond acceptors (Lipinski definition) is 3. The highest BCUT2D eigenvalue weighted by Gasteiger charge is 2.15. The Balaban J connectivity index is 2.64. The van der Waals surface area contributed by atoms with Gasteiger partial charge in [0, 0.05) is 24.5 Å². The van der Waals surface area contributed by atoms with Crippen molar-refractivity contribution in [3.63, 3.8) is 0 Å². The van der Waals surface area contributed by atoms with E-state index in [9.17, 15) is 8.78 Å². The maximum absolute atomic E-state index is 13.6. The maximum atomic E-state index is 13.6. The molecule has 6 heteroatoms. The van der Waals surface area contributed by atoms with E-state index in [0.29, 0.717) is 0 Å². The molecule has 0 atom stereocenters. The van der Waals surface area contributed by atoms with Crippen LogP contribution in [0.25, 0.3) is 11.4 Å². The average Bonchev–Trinajstić information content (AvgIpc) is 2.29. The summed E-state index contributed by atoms with van der Waals surface area (Å²) in [5.41, 5.74) is 0.0667. The van der Waals surface area contributed by atoms with Crippen LogP contribution < -0.4 is 3.79 Å². The Morgan fingerprint density at radius 2 is 1.81 bits per heavy atom. The van der Waals surface area contributed by atoms with Crippen LogP contribution in [0.3, 0.4) is 0 Å². The Hall–Kier alpha value is -1.51. The van der Waals surface area contributed by atoms with Crippen molar-refractivity contribution in [3.05, 3.63) is 42.2 Å². The molecule has 0 N–H and O–H groups in total. The summed E-state index contributed by atoms with van der Waals surface area (Å²) in [5.74, 6) is -1.18. The quantitative estimate of drug-likeness (QED) is 0.742. The van der Waals surface area contributed by atoms with Crippen LogP contribution in [0.2, 0.25) is 0 Å². The van der Waals surface area contributed by atoms with Gasteiger partial charge in [0.05, 0.1) is 11.3 Å². The van der Waals surface area contributed by atoms with Crippen LogP contribution in [0.1, 0.15) is 0 Å². The van der Waals surface area contributed by atoms with Crippen molar-refractivity contribution in [2.24, 2.45) is 0 Å². The van der Waals surface area contributed by atoms with Gasteiger partial charge in [0.15, 0.2) is 5.82 Å². The molecule has 0 saturated carbocycles. The standard InChI is InChI=1S/C10H6F2N2O.Al.H/c11-6-4-7(12)9(8(15)5-6)10-13-2-1-3-14-10;;/h1-5,15H;;/q;+1;/p-1. The SMILES string of the molecule is Fc1cc(F)c(-c2ncccn2)c([O][AlH])c1. The number of halogens is 2. The number of rotatable bonds is 2. The van der Waals surface area contributed by atoms with Crippen molar-refractivity contribution in [3.8, 4) is 17.1 Å². The predicted octanol–water partition coefficient (Wildman–Crippen LogP) is 1.62. The van der Waals surface area contributed by atoms with Gasteiger partial charge in [-0.3, -0.25) is 0 Å². The average molecular weight is 235 g/mol. The van der Waals surface area contributed by atoms with Crippen LogP contribution in [0.4, 0.5) is 8.78 Å². The molecular formula is C10H6AlF2N2O. The minimum atomic E-state index is -0.743. The molecule has 0 aliphatic carbocycles. The molecular weight excluding hydrogens is 229 g/mol. The largest absolute Gasteiger partial charge is 0.650 e. The summed E-state index contributed by atoms with van der Waals surface area (Å²) in [6.45, 7) is 0. The third-order valence-corrected chi connectivity index (χ3v) is 2.27. The molecule has 0 saturated heterocycles. The number of aromatic nitrogens is 2. The Morgan fingerprint density at radius 1 is 1.12 bits per heavy atom. The molecule has 16 heavy (non-hydrogen) atoms. The highest BCUT2D eigenvalue weighted by molar-refractivity contribution is 6.00. The van der Waals surface area contributed by atoms with E-state index >= 15 is 0 Å². The molecule has 1 aromatic carbocycles. The fourth-order valence-corrected chi connectivity index (χ4v) is 1.54. The number of hydrogen-bond donors (Lipinski definition) is 0. The van der Waals surface area contributed by atoms with E-state index in [1.807, 2.05) is 0 Å². The summed E-state index contributed by atoms with van der Waals surface area (Å²) in [5, 5.41) is 0. The van der Waals surface area contributed by atoms with E-state index in [1.54, 1.807) is 6.07 Å². The first-order valence-corrected chi connectivity index (χ1v) is 4.98. The Bertz CT molecular complexity index is 508. The monoisotopic (exact) mass is 235 g/mol. The van der Waals surface area contributed by atoms with Crippen LogP contribution in [0, 0.1) is 11.6 Å². The fourth-order valence-electron chi connectivity index (χ4n) is 1.31. The van der Waals surface area contributed by atoms with E-state index < -0.39 is 11.6 Å². The molecule has 0 fully saturated rings. The summed E-state index contributed by atoms with van der Waals surface area (Å²) >= 11 is 1.13. The molecule has 1 aromatic heterocycles. The molecule has 1 heterocycles. The van der Waals surface area contributed by atoms with Gasteiger partial charge in [-0.15, -0.1) is 0 Å². The molecule has 0 aliphatic rings. The van der Waals surface area contributed by atoms with Gasteiger partial charge in [0.1, 0.15) is 11.6 Å². The normalized spacial score (nSPS) is 10.1. The lowest BCUT2D eigenvalue weighted by Gasteiger charge is -2.10. The summed E-state index contributed by atoms with van der Waals surface area (Å²) in [7, 11) is 0. The van der Waals surface area contributed by atoms with Gasteiger partial charge in [-0.25, -0.2) is 18.7 Å². The van der Waals surface area contributed by atoms with Gasteiger partial charge in [0.2, 0.25) is 0 Å². The minimum Gasteiger partial charge on any atom is -0.650 e. The van der Waals surface area contributed by atoms with Crippen molar-refractivity contribution >= 4 is 16.6 Å². The Kier molecular flexibility index (Phi) is 3.13. The van der Waals surface area contributed by atoms with E-state index in [2.05, 4.69) is 9.97 Å². The molecule has 2 rings (SSSR count). The summed E-state index contributed by atoms with van der Waals surface area (Å²) in [6, 6.07) is 3.48. The third kappa shape index (κ3) is 2.03. The van der Waals surface area contributed by atoms with E-state index in [4.69, 9.17) is 3.79 Å². The lowest BCUT2D eigenvalue weighted by molar-refractivity contribution is 0.553. The van der Waals surface area contributed by atoms with Crippen molar-refractivity contribution in [1.82, 2.24) is 9.97 Å². The smallest absolute Gasteiger partial charge is 0.494 e. The van der Waals surface area contributed by atoms with Gasteiger partial charge < -0.3 is 3.79 Å². The fraction of sp³-hybridized carbons (Fsp3) is 0. The topological polar surface area (TPSA) is 35.0 Å². The number of benzene rings is 1. The second-order valence-electron chi connectivity index (χ2n) is 2.98. The molecule has 0 unspecified atom stereocenters. The van der Waals surface area contributed by atoms with Crippen LogP contribution in [0.5, 0.6) is 5.75 Å². The van der Waals surface area contributed by atoms with E-state index in [1.165, 1.54) is 12.4 Å². The lowest BCUT2D eigenvalue weighted by atomic mass is 10.1. The van der Waals surface area contributed by atoms with Crippen molar-refractivity contribution in [2.45, 2.75) is 0 Å². The second-order valence-corrected chi connectivity index (χ2v) is 3.27. The Labute approximate surface area is 98.9 Å². The van der Waals surface area contributed by atoms with Crippen molar-refractivity contribution in [2.75, 3.05) is 0 Å². The minimum absolute atomic E-state index is 0.0667.